The third-order valence-corrected chi connectivity index (χ3v) is 3.43. The van der Waals surface area contributed by atoms with Gasteiger partial charge in [-0.15, -0.1) is 0 Å². The highest BCUT2D eigenvalue weighted by Crippen LogP contribution is 2.23. The first-order valence-corrected chi connectivity index (χ1v) is 6.92. The van der Waals surface area contributed by atoms with Gasteiger partial charge in [-0.25, -0.2) is 0 Å². The monoisotopic (exact) mass is 227 g/mol. The van der Waals surface area contributed by atoms with Crippen LogP contribution in [0.2, 0.25) is 0 Å². The van der Waals surface area contributed by atoms with Crippen molar-refractivity contribution in [3.05, 3.63) is 0 Å². The zero-order chi connectivity index (χ0) is 12.4. The van der Waals surface area contributed by atoms with Crippen LogP contribution in [-0.2, 0) is 4.79 Å². The van der Waals surface area contributed by atoms with Crippen molar-refractivity contribution in [1.82, 2.24) is 0 Å². The van der Waals surface area contributed by atoms with Gasteiger partial charge in [0.05, 0.1) is 0 Å². The number of unbranched alkanes of at least 4 members (excludes halogenated alkanes) is 4. The maximum absolute atomic E-state index is 11.4. The lowest BCUT2D eigenvalue weighted by atomic mass is 9.85. The van der Waals surface area contributed by atoms with Gasteiger partial charge in [-0.2, -0.15) is 0 Å². The Bertz CT molecular complexity index is 180. The lowest BCUT2D eigenvalue weighted by Crippen LogP contribution is -2.28. The van der Waals surface area contributed by atoms with Crippen LogP contribution in [0.25, 0.3) is 0 Å². The molecule has 2 unspecified atom stereocenters. The SMILES string of the molecule is CCCCCCC(C)C(CCCC)C(N)=O. The molecule has 0 radical (unpaired) electrons. The number of carbonyl (C=O) groups is 1. The molecule has 2 atom stereocenters. The summed E-state index contributed by atoms with van der Waals surface area (Å²) in [7, 11) is 0. The van der Waals surface area contributed by atoms with Crippen molar-refractivity contribution in [2.24, 2.45) is 17.6 Å². The molecule has 0 rings (SSSR count). The van der Waals surface area contributed by atoms with Gasteiger partial charge in [0.15, 0.2) is 0 Å². The molecule has 1 amide bonds. The number of amides is 1. The Labute approximate surface area is 101 Å². The molecule has 2 nitrogen and oxygen atoms in total. The van der Waals surface area contributed by atoms with E-state index in [4.69, 9.17) is 5.73 Å². The molecule has 96 valence electrons. The molecule has 0 heterocycles. The minimum Gasteiger partial charge on any atom is -0.369 e. The predicted molar refractivity (Wildman–Crippen MR) is 70.1 cm³/mol. The molecule has 0 aromatic carbocycles. The van der Waals surface area contributed by atoms with Gasteiger partial charge in [0.2, 0.25) is 5.91 Å². The van der Waals surface area contributed by atoms with Crippen LogP contribution in [0.4, 0.5) is 0 Å². The summed E-state index contributed by atoms with van der Waals surface area (Å²) in [5.74, 6) is 0.457. The lowest BCUT2D eigenvalue weighted by molar-refractivity contribution is -0.123. The van der Waals surface area contributed by atoms with E-state index < -0.39 is 0 Å². The molecule has 16 heavy (non-hydrogen) atoms. The van der Waals surface area contributed by atoms with Crippen molar-refractivity contribution in [3.8, 4) is 0 Å². The average molecular weight is 227 g/mol. The molecular weight excluding hydrogens is 198 g/mol. The molecule has 0 saturated carbocycles. The highest BCUT2D eigenvalue weighted by molar-refractivity contribution is 5.76. The maximum Gasteiger partial charge on any atom is 0.220 e. The zero-order valence-corrected chi connectivity index (χ0v) is 11.3. The molecule has 0 aromatic heterocycles. The first kappa shape index (κ1) is 15.5. The number of carbonyl (C=O) groups excluding carboxylic acids is 1. The summed E-state index contributed by atoms with van der Waals surface area (Å²) in [6, 6.07) is 0. The van der Waals surface area contributed by atoms with E-state index in [2.05, 4.69) is 20.8 Å². The molecule has 0 aliphatic rings. The number of primary amides is 1. The van der Waals surface area contributed by atoms with Gasteiger partial charge in [0.25, 0.3) is 0 Å². The van der Waals surface area contributed by atoms with Crippen LogP contribution in [0.5, 0.6) is 0 Å². The molecule has 0 saturated heterocycles. The van der Waals surface area contributed by atoms with Crippen LogP contribution in [0.3, 0.4) is 0 Å². The van der Waals surface area contributed by atoms with Gasteiger partial charge in [-0.05, 0) is 18.8 Å². The maximum atomic E-state index is 11.4. The highest BCUT2D eigenvalue weighted by atomic mass is 16.1. The Kier molecular flexibility index (Phi) is 9.36. The molecule has 0 bridgehead atoms. The van der Waals surface area contributed by atoms with Gasteiger partial charge >= 0.3 is 0 Å². The van der Waals surface area contributed by atoms with E-state index in [0.717, 1.165) is 25.7 Å². The van der Waals surface area contributed by atoms with E-state index >= 15 is 0 Å². The smallest absolute Gasteiger partial charge is 0.220 e. The van der Waals surface area contributed by atoms with Crippen LogP contribution < -0.4 is 5.73 Å². The highest BCUT2D eigenvalue weighted by Gasteiger charge is 2.21. The Hall–Kier alpha value is -0.530. The normalized spacial score (nSPS) is 14.7. The standard InChI is InChI=1S/C14H29NO/c1-4-6-8-9-10-12(3)13(14(15)16)11-7-5-2/h12-13H,4-11H2,1-3H3,(H2,15,16). The number of hydrogen-bond acceptors (Lipinski definition) is 1. The van der Waals surface area contributed by atoms with Gasteiger partial charge in [-0.3, -0.25) is 4.79 Å². The molecule has 0 aliphatic carbocycles. The van der Waals surface area contributed by atoms with Crippen LogP contribution in [-0.4, -0.2) is 5.91 Å². The van der Waals surface area contributed by atoms with Gasteiger partial charge in [-0.1, -0.05) is 59.3 Å². The predicted octanol–water partition coefficient (Wildman–Crippen LogP) is 3.88. The largest absolute Gasteiger partial charge is 0.369 e. The second kappa shape index (κ2) is 9.68. The summed E-state index contributed by atoms with van der Waals surface area (Å²) < 4.78 is 0. The Morgan fingerprint density at radius 1 is 1.00 bits per heavy atom. The van der Waals surface area contributed by atoms with Crippen molar-refractivity contribution in [3.63, 3.8) is 0 Å². The van der Waals surface area contributed by atoms with E-state index in [9.17, 15) is 4.79 Å². The average Bonchev–Trinajstić information content (AvgIpc) is 2.24. The molecule has 2 N–H and O–H groups in total. The molecule has 0 fully saturated rings. The summed E-state index contributed by atoms with van der Waals surface area (Å²) in [4.78, 5) is 11.4. The minimum atomic E-state index is -0.101. The van der Waals surface area contributed by atoms with Crippen molar-refractivity contribution >= 4 is 5.91 Å². The fraction of sp³-hybridized carbons (Fsp3) is 0.929. The van der Waals surface area contributed by atoms with Crippen molar-refractivity contribution in [1.29, 1.82) is 0 Å². The Morgan fingerprint density at radius 3 is 2.12 bits per heavy atom. The van der Waals surface area contributed by atoms with E-state index in [1.165, 1.54) is 25.7 Å². The summed E-state index contributed by atoms with van der Waals surface area (Å²) >= 11 is 0. The topological polar surface area (TPSA) is 43.1 Å². The third-order valence-electron chi connectivity index (χ3n) is 3.43. The second-order valence-electron chi connectivity index (χ2n) is 4.98. The molecule has 0 spiro atoms. The van der Waals surface area contributed by atoms with E-state index in [1.807, 2.05) is 0 Å². The summed E-state index contributed by atoms with van der Waals surface area (Å²) in [5.41, 5.74) is 5.47. The van der Waals surface area contributed by atoms with Gasteiger partial charge in [0, 0.05) is 5.92 Å². The Morgan fingerprint density at radius 2 is 1.62 bits per heavy atom. The van der Waals surface area contributed by atoms with Crippen LogP contribution in [0.15, 0.2) is 0 Å². The van der Waals surface area contributed by atoms with Crippen LogP contribution >= 0.6 is 0 Å². The minimum absolute atomic E-state index is 0.0987. The summed E-state index contributed by atoms with van der Waals surface area (Å²) in [6.45, 7) is 6.55. The quantitative estimate of drug-likeness (QED) is 0.565. The van der Waals surface area contributed by atoms with Crippen LogP contribution in [0.1, 0.15) is 72.1 Å². The van der Waals surface area contributed by atoms with E-state index in [0.29, 0.717) is 5.92 Å². The molecule has 0 aromatic rings. The zero-order valence-electron chi connectivity index (χ0n) is 11.3. The molecule has 0 aliphatic heterocycles. The van der Waals surface area contributed by atoms with E-state index in [-0.39, 0.29) is 11.8 Å². The fourth-order valence-electron chi connectivity index (χ4n) is 2.23. The van der Waals surface area contributed by atoms with Gasteiger partial charge < -0.3 is 5.73 Å². The molecule has 2 heteroatoms. The van der Waals surface area contributed by atoms with Crippen molar-refractivity contribution in [2.75, 3.05) is 0 Å². The lowest BCUT2D eigenvalue weighted by Gasteiger charge is -2.20. The fourth-order valence-corrected chi connectivity index (χ4v) is 2.23. The number of hydrogen-bond donors (Lipinski definition) is 1. The van der Waals surface area contributed by atoms with E-state index in [1.54, 1.807) is 0 Å². The summed E-state index contributed by atoms with van der Waals surface area (Å²) in [6.07, 6.45) is 9.49. The number of nitrogens with two attached hydrogens (primary N) is 1. The van der Waals surface area contributed by atoms with Crippen LogP contribution in [0, 0.1) is 11.8 Å². The number of rotatable bonds is 10. The Balaban J connectivity index is 3.87. The first-order valence-electron chi connectivity index (χ1n) is 6.92. The molecular formula is C14H29NO. The first-order chi connectivity index (χ1) is 7.63. The second-order valence-corrected chi connectivity index (χ2v) is 4.98. The van der Waals surface area contributed by atoms with Crippen molar-refractivity contribution < 1.29 is 4.79 Å². The van der Waals surface area contributed by atoms with Crippen molar-refractivity contribution in [2.45, 2.75) is 72.1 Å². The van der Waals surface area contributed by atoms with Gasteiger partial charge in [0.1, 0.15) is 0 Å². The third kappa shape index (κ3) is 6.86. The summed E-state index contributed by atoms with van der Waals surface area (Å²) in [5, 5.41) is 0.